The van der Waals surface area contributed by atoms with Crippen molar-refractivity contribution in [2.45, 2.75) is 12.3 Å². The fourth-order valence-corrected chi connectivity index (χ4v) is 1.47. The van der Waals surface area contributed by atoms with Crippen molar-refractivity contribution in [1.82, 2.24) is 5.32 Å². The normalized spacial score (nSPS) is 13.0. The van der Waals surface area contributed by atoms with Crippen molar-refractivity contribution in [2.24, 2.45) is 0 Å². The lowest BCUT2D eigenvalue weighted by Crippen LogP contribution is -2.34. The van der Waals surface area contributed by atoms with E-state index in [9.17, 15) is 5.11 Å². The summed E-state index contributed by atoms with van der Waals surface area (Å²) in [5.74, 6) is 0. The Morgan fingerprint density at radius 3 is 2.31 bits per heavy atom. The number of ether oxygens (including phenoxy) is 2. The van der Waals surface area contributed by atoms with Crippen molar-refractivity contribution in [3.05, 3.63) is 35.9 Å². The number of benzene rings is 1. The van der Waals surface area contributed by atoms with Crippen LogP contribution in [-0.4, -0.2) is 38.8 Å². The second-order valence-electron chi connectivity index (χ2n) is 3.46. The molecule has 0 aliphatic heterocycles. The summed E-state index contributed by atoms with van der Waals surface area (Å²) in [6, 6.07) is 9.71. The maximum absolute atomic E-state index is 9.29. The molecule has 0 amide bonds. The van der Waals surface area contributed by atoms with Gasteiger partial charge in [-0.3, -0.25) is 0 Å². The molecule has 4 nitrogen and oxygen atoms in total. The molecule has 2 N–H and O–H groups in total. The van der Waals surface area contributed by atoms with Crippen molar-refractivity contribution >= 4 is 0 Å². The number of methoxy groups -OCH3 is 2. The van der Waals surface area contributed by atoms with Crippen molar-refractivity contribution in [3.63, 3.8) is 0 Å². The van der Waals surface area contributed by atoms with E-state index >= 15 is 0 Å². The average Bonchev–Trinajstić information content (AvgIpc) is 2.36. The predicted octanol–water partition coefficient (Wildman–Crippen LogP) is 0.928. The molecule has 90 valence electrons. The maximum Gasteiger partial charge on any atom is 0.169 e. The number of aliphatic hydroxyl groups excluding tert-OH is 1. The molecule has 0 unspecified atom stereocenters. The maximum atomic E-state index is 9.29. The minimum absolute atomic E-state index is 0.0458. The van der Waals surface area contributed by atoms with Gasteiger partial charge in [0, 0.05) is 20.8 Å². The fraction of sp³-hybridized carbons (Fsp3) is 0.500. The summed E-state index contributed by atoms with van der Waals surface area (Å²) in [4.78, 5) is 0. The number of hydrogen-bond acceptors (Lipinski definition) is 4. The van der Waals surface area contributed by atoms with Crippen LogP contribution in [0.2, 0.25) is 0 Å². The monoisotopic (exact) mass is 225 g/mol. The Hall–Kier alpha value is -0.940. The lowest BCUT2D eigenvalue weighted by molar-refractivity contribution is -0.100. The van der Waals surface area contributed by atoms with Crippen LogP contribution in [0, 0.1) is 0 Å². The molecule has 0 spiro atoms. The van der Waals surface area contributed by atoms with Crippen LogP contribution in [0.1, 0.15) is 11.6 Å². The first-order chi connectivity index (χ1) is 7.81. The molecular formula is C12H19NO3. The molecule has 0 bridgehead atoms. The second-order valence-corrected chi connectivity index (χ2v) is 3.46. The quantitative estimate of drug-likeness (QED) is 0.678. The van der Waals surface area contributed by atoms with E-state index in [1.807, 2.05) is 30.3 Å². The van der Waals surface area contributed by atoms with Crippen LogP contribution in [0.3, 0.4) is 0 Å². The van der Waals surface area contributed by atoms with Gasteiger partial charge in [0.15, 0.2) is 6.29 Å². The molecule has 0 fully saturated rings. The predicted molar refractivity (Wildman–Crippen MR) is 62.1 cm³/mol. The highest BCUT2D eigenvalue weighted by atomic mass is 16.7. The molecule has 0 heterocycles. The average molecular weight is 225 g/mol. The van der Waals surface area contributed by atoms with Crippen molar-refractivity contribution in [1.29, 1.82) is 0 Å². The summed E-state index contributed by atoms with van der Waals surface area (Å²) < 4.78 is 10.1. The molecule has 0 aromatic heterocycles. The molecule has 4 heteroatoms. The molecule has 1 aromatic rings. The van der Waals surface area contributed by atoms with Crippen LogP contribution in [0.4, 0.5) is 0 Å². The van der Waals surface area contributed by atoms with Crippen LogP contribution >= 0.6 is 0 Å². The molecule has 0 radical (unpaired) electrons. The second kappa shape index (κ2) is 7.35. The molecule has 0 saturated carbocycles. The minimum atomic E-state index is -0.294. The van der Waals surface area contributed by atoms with Crippen molar-refractivity contribution in [2.75, 3.05) is 27.4 Å². The standard InChI is InChI=1S/C12H19NO3/c1-15-12(16-2)8-13-11(9-14)10-6-4-3-5-7-10/h3-7,11-14H,8-9H2,1-2H3/t11-/m1/s1. The Morgan fingerprint density at radius 2 is 1.81 bits per heavy atom. The van der Waals surface area contributed by atoms with Gasteiger partial charge in [-0.15, -0.1) is 0 Å². The van der Waals surface area contributed by atoms with E-state index < -0.39 is 0 Å². The first-order valence-electron chi connectivity index (χ1n) is 5.26. The molecule has 0 saturated heterocycles. The molecule has 0 aliphatic carbocycles. The third-order valence-electron chi connectivity index (χ3n) is 2.44. The summed E-state index contributed by atoms with van der Waals surface area (Å²) >= 11 is 0. The zero-order chi connectivity index (χ0) is 11.8. The summed E-state index contributed by atoms with van der Waals surface area (Å²) in [6.45, 7) is 0.581. The summed E-state index contributed by atoms with van der Waals surface area (Å²) in [5.41, 5.74) is 1.05. The Labute approximate surface area is 96.2 Å². The van der Waals surface area contributed by atoms with Gasteiger partial charge in [0.2, 0.25) is 0 Å². The molecular weight excluding hydrogens is 206 g/mol. The zero-order valence-corrected chi connectivity index (χ0v) is 9.72. The van der Waals surface area contributed by atoms with Crippen molar-refractivity contribution in [3.8, 4) is 0 Å². The Kier molecular flexibility index (Phi) is 6.03. The van der Waals surface area contributed by atoms with E-state index in [1.54, 1.807) is 14.2 Å². The highest BCUT2D eigenvalue weighted by Crippen LogP contribution is 2.11. The van der Waals surface area contributed by atoms with Gasteiger partial charge >= 0.3 is 0 Å². The lowest BCUT2D eigenvalue weighted by Gasteiger charge is -2.20. The molecule has 16 heavy (non-hydrogen) atoms. The molecule has 1 rings (SSSR count). The van der Waals surface area contributed by atoms with E-state index in [1.165, 1.54) is 0 Å². The smallest absolute Gasteiger partial charge is 0.169 e. The third kappa shape index (κ3) is 3.90. The zero-order valence-electron chi connectivity index (χ0n) is 9.72. The number of nitrogens with one attached hydrogen (secondary N) is 1. The van der Waals surface area contributed by atoms with E-state index in [2.05, 4.69) is 5.32 Å². The molecule has 0 aliphatic rings. The number of hydrogen-bond donors (Lipinski definition) is 2. The first kappa shape index (κ1) is 13.1. The fourth-order valence-electron chi connectivity index (χ4n) is 1.47. The lowest BCUT2D eigenvalue weighted by atomic mass is 10.1. The van der Waals surface area contributed by atoms with Gasteiger partial charge in [0.1, 0.15) is 0 Å². The highest BCUT2D eigenvalue weighted by molar-refractivity contribution is 5.18. The SMILES string of the molecule is COC(CN[C@H](CO)c1ccccc1)OC. The van der Waals surface area contributed by atoms with Crippen LogP contribution in [0.5, 0.6) is 0 Å². The van der Waals surface area contributed by atoms with E-state index in [0.29, 0.717) is 6.54 Å². The largest absolute Gasteiger partial charge is 0.394 e. The minimum Gasteiger partial charge on any atom is -0.394 e. The summed E-state index contributed by atoms with van der Waals surface area (Å²) in [7, 11) is 3.18. The van der Waals surface area contributed by atoms with Crippen LogP contribution in [-0.2, 0) is 9.47 Å². The van der Waals surface area contributed by atoms with Gasteiger partial charge in [-0.25, -0.2) is 0 Å². The van der Waals surface area contributed by atoms with Gasteiger partial charge in [-0.05, 0) is 5.56 Å². The van der Waals surface area contributed by atoms with Crippen LogP contribution in [0.25, 0.3) is 0 Å². The van der Waals surface area contributed by atoms with Crippen LogP contribution in [0.15, 0.2) is 30.3 Å². The third-order valence-corrected chi connectivity index (χ3v) is 2.44. The first-order valence-corrected chi connectivity index (χ1v) is 5.26. The summed E-state index contributed by atoms with van der Waals surface area (Å²) in [5, 5.41) is 12.5. The van der Waals surface area contributed by atoms with Crippen molar-refractivity contribution < 1.29 is 14.6 Å². The van der Waals surface area contributed by atoms with Crippen LogP contribution < -0.4 is 5.32 Å². The molecule has 1 aromatic carbocycles. The van der Waals surface area contributed by atoms with E-state index in [4.69, 9.17) is 9.47 Å². The van der Waals surface area contributed by atoms with Gasteiger partial charge in [-0.1, -0.05) is 30.3 Å². The molecule has 1 atom stereocenters. The van der Waals surface area contributed by atoms with Gasteiger partial charge < -0.3 is 19.9 Å². The summed E-state index contributed by atoms with van der Waals surface area (Å²) in [6.07, 6.45) is -0.294. The number of aliphatic hydroxyl groups is 1. The van der Waals surface area contributed by atoms with E-state index in [-0.39, 0.29) is 18.9 Å². The Morgan fingerprint density at radius 1 is 1.19 bits per heavy atom. The Bertz CT molecular complexity index is 275. The Balaban J connectivity index is 2.50. The van der Waals surface area contributed by atoms with Gasteiger partial charge in [-0.2, -0.15) is 0 Å². The number of rotatable bonds is 7. The highest BCUT2D eigenvalue weighted by Gasteiger charge is 2.12. The van der Waals surface area contributed by atoms with Gasteiger partial charge in [0.05, 0.1) is 12.6 Å². The van der Waals surface area contributed by atoms with Gasteiger partial charge in [0.25, 0.3) is 0 Å². The topological polar surface area (TPSA) is 50.7 Å². The van der Waals surface area contributed by atoms with E-state index in [0.717, 1.165) is 5.56 Å².